The van der Waals surface area contributed by atoms with Crippen LogP contribution in [0.3, 0.4) is 0 Å². The highest BCUT2D eigenvalue weighted by molar-refractivity contribution is 7.99. The zero-order valence-electron chi connectivity index (χ0n) is 14.7. The van der Waals surface area contributed by atoms with Crippen LogP contribution in [0.15, 0.2) is 22.7 Å². The molecule has 1 aliphatic rings. The lowest BCUT2D eigenvalue weighted by Crippen LogP contribution is -2.24. The summed E-state index contributed by atoms with van der Waals surface area (Å²) in [5.41, 5.74) is 3.15. The van der Waals surface area contributed by atoms with Gasteiger partial charge in [-0.25, -0.2) is 0 Å². The number of nitrogens with one attached hydrogen (secondary N) is 1. The maximum atomic E-state index is 12.2. The van der Waals surface area contributed by atoms with Gasteiger partial charge in [-0.2, -0.15) is 0 Å². The van der Waals surface area contributed by atoms with E-state index in [-0.39, 0.29) is 17.6 Å². The number of anilines is 2. The van der Waals surface area contributed by atoms with Gasteiger partial charge in [0.05, 0.1) is 22.2 Å². The van der Waals surface area contributed by atoms with E-state index in [0.29, 0.717) is 29.4 Å². The minimum absolute atomic E-state index is 0.0969. The van der Waals surface area contributed by atoms with Crippen molar-refractivity contribution in [2.45, 2.75) is 32.4 Å². The van der Waals surface area contributed by atoms with Crippen LogP contribution in [-0.4, -0.2) is 29.3 Å². The largest absolute Gasteiger partial charge is 0.361 e. The molecule has 0 unspecified atom stereocenters. The minimum atomic E-state index is -0.145. The summed E-state index contributed by atoms with van der Waals surface area (Å²) >= 11 is 7.68. The fourth-order valence-corrected chi connectivity index (χ4v) is 3.98. The quantitative estimate of drug-likeness (QED) is 0.804. The van der Waals surface area contributed by atoms with E-state index in [0.717, 1.165) is 29.1 Å². The molecule has 1 saturated heterocycles. The summed E-state index contributed by atoms with van der Waals surface area (Å²) in [7, 11) is 0. The van der Waals surface area contributed by atoms with Crippen LogP contribution in [0.4, 0.5) is 11.4 Å². The van der Waals surface area contributed by atoms with E-state index in [1.54, 1.807) is 23.1 Å². The van der Waals surface area contributed by atoms with E-state index in [1.807, 2.05) is 13.8 Å². The first-order valence-electron chi connectivity index (χ1n) is 8.35. The number of halogens is 1. The lowest BCUT2D eigenvalue weighted by atomic mass is 10.2. The molecule has 6 nitrogen and oxygen atoms in total. The molecule has 0 bridgehead atoms. The Morgan fingerprint density at radius 1 is 1.42 bits per heavy atom. The Balaban J connectivity index is 1.59. The molecule has 1 aromatic carbocycles. The molecule has 138 valence electrons. The van der Waals surface area contributed by atoms with Crippen LogP contribution in [0.5, 0.6) is 0 Å². The Morgan fingerprint density at radius 3 is 2.88 bits per heavy atom. The van der Waals surface area contributed by atoms with Crippen LogP contribution in [0.2, 0.25) is 5.02 Å². The summed E-state index contributed by atoms with van der Waals surface area (Å²) in [6.07, 6.45) is 1.41. The Bertz CT molecular complexity index is 818. The highest BCUT2D eigenvalue weighted by Gasteiger charge is 2.22. The van der Waals surface area contributed by atoms with Gasteiger partial charge in [0.2, 0.25) is 11.8 Å². The van der Waals surface area contributed by atoms with Crippen LogP contribution in [0, 0.1) is 13.8 Å². The molecule has 0 radical (unpaired) electrons. The van der Waals surface area contributed by atoms with Gasteiger partial charge in [0.1, 0.15) is 5.76 Å². The van der Waals surface area contributed by atoms with Gasteiger partial charge in [-0.05, 0) is 38.5 Å². The smallest absolute Gasteiger partial charge is 0.234 e. The van der Waals surface area contributed by atoms with E-state index in [1.165, 1.54) is 11.8 Å². The van der Waals surface area contributed by atoms with Crippen LogP contribution in [0.25, 0.3) is 0 Å². The minimum Gasteiger partial charge on any atom is -0.361 e. The van der Waals surface area contributed by atoms with Crippen molar-refractivity contribution in [2.24, 2.45) is 0 Å². The molecular formula is C18H20ClN3O3S. The van der Waals surface area contributed by atoms with Gasteiger partial charge in [-0.3, -0.25) is 9.59 Å². The van der Waals surface area contributed by atoms with Gasteiger partial charge in [0.15, 0.2) is 0 Å². The fourth-order valence-electron chi connectivity index (χ4n) is 2.84. The van der Waals surface area contributed by atoms with Crippen molar-refractivity contribution in [3.8, 4) is 0 Å². The molecule has 2 heterocycles. The zero-order valence-corrected chi connectivity index (χ0v) is 16.2. The number of hydrogen-bond donors (Lipinski definition) is 1. The molecular weight excluding hydrogens is 374 g/mol. The van der Waals surface area contributed by atoms with Crippen molar-refractivity contribution in [1.29, 1.82) is 0 Å². The summed E-state index contributed by atoms with van der Waals surface area (Å²) < 4.78 is 5.12. The average Bonchev–Trinajstić information content (AvgIpc) is 3.17. The second-order valence-corrected chi connectivity index (χ2v) is 7.55. The van der Waals surface area contributed by atoms with Gasteiger partial charge in [-0.1, -0.05) is 16.8 Å². The van der Waals surface area contributed by atoms with Crippen molar-refractivity contribution in [1.82, 2.24) is 5.16 Å². The Morgan fingerprint density at radius 2 is 2.23 bits per heavy atom. The molecule has 0 aliphatic carbocycles. The Kier molecular flexibility index (Phi) is 5.88. The molecule has 0 atom stereocenters. The Hall–Kier alpha value is -1.99. The van der Waals surface area contributed by atoms with Gasteiger partial charge >= 0.3 is 0 Å². The summed E-state index contributed by atoms with van der Waals surface area (Å²) in [6, 6.07) is 5.25. The first-order chi connectivity index (χ1) is 12.5. The van der Waals surface area contributed by atoms with Crippen LogP contribution in [-0.2, 0) is 15.3 Å². The van der Waals surface area contributed by atoms with Gasteiger partial charge < -0.3 is 14.7 Å². The molecule has 3 rings (SSSR count). The van der Waals surface area contributed by atoms with E-state index in [2.05, 4.69) is 10.5 Å². The molecule has 1 N–H and O–H groups in total. The number of rotatable bonds is 6. The van der Waals surface area contributed by atoms with Gasteiger partial charge in [0, 0.05) is 30.0 Å². The van der Waals surface area contributed by atoms with Crippen LogP contribution >= 0.6 is 23.4 Å². The summed E-state index contributed by atoms with van der Waals surface area (Å²) in [6.45, 7) is 4.44. The van der Waals surface area contributed by atoms with E-state index >= 15 is 0 Å². The molecule has 26 heavy (non-hydrogen) atoms. The van der Waals surface area contributed by atoms with Crippen molar-refractivity contribution in [3.05, 3.63) is 40.2 Å². The predicted molar refractivity (Wildman–Crippen MR) is 104 cm³/mol. The van der Waals surface area contributed by atoms with E-state index < -0.39 is 0 Å². The second kappa shape index (κ2) is 8.14. The third-order valence-corrected chi connectivity index (χ3v) is 5.56. The number of benzene rings is 1. The van der Waals surface area contributed by atoms with Crippen molar-refractivity contribution >= 4 is 46.6 Å². The maximum Gasteiger partial charge on any atom is 0.234 e. The average molecular weight is 394 g/mol. The number of nitrogens with zero attached hydrogens (tertiary/aromatic N) is 2. The first kappa shape index (κ1) is 18.8. The highest BCUT2D eigenvalue weighted by atomic mass is 35.5. The molecule has 2 aromatic rings. The maximum absolute atomic E-state index is 12.2. The van der Waals surface area contributed by atoms with E-state index in [9.17, 15) is 9.59 Å². The van der Waals surface area contributed by atoms with Gasteiger partial charge in [0.25, 0.3) is 0 Å². The number of aryl methyl sites for hydroxylation is 2. The van der Waals surface area contributed by atoms with Crippen molar-refractivity contribution in [2.75, 3.05) is 22.5 Å². The first-order valence-corrected chi connectivity index (χ1v) is 9.88. The lowest BCUT2D eigenvalue weighted by Gasteiger charge is -2.17. The van der Waals surface area contributed by atoms with Crippen molar-refractivity contribution in [3.63, 3.8) is 0 Å². The van der Waals surface area contributed by atoms with Gasteiger partial charge in [-0.15, -0.1) is 11.8 Å². The summed E-state index contributed by atoms with van der Waals surface area (Å²) in [5.74, 6) is 1.67. The molecule has 1 aromatic heterocycles. The number of thioether (sulfide) groups is 1. The van der Waals surface area contributed by atoms with Crippen LogP contribution in [0.1, 0.15) is 29.9 Å². The Labute approximate surface area is 161 Å². The topological polar surface area (TPSA) is 75.4 Å². The molecule has 8 heteroatoms. The molecule has 2 amide bonds. The molecule has 1 fully saturated rings. The number of carbonyl (C=O) groups excluding carboxylic acids is 2. The van der Waals surface area contributed by atoms with Crippen LogP contribution < -0.4 is 10.2 Å². The van der Waals surface area contributed by atoms with Crippen molar-refractivity contribution < 1.29 is 14.1 Å². The SMILES string of the molecule is Cc1noc(C)c1CSCC(=O)Nc1cc(N2CCCC2=O)ccc1Cl. The molecule has 1 aliphatic heterocycles. The third kappa shape index (κ3) is 4.22. The number of carbonyl (C=O) groups is 2. The number of hydrogen-bond acceptors (Lipinski definition) is 5. The lowest BCUT2D eigenvalue weighted by molar-refractivity contribution is -0.117. The molecule has 0 saturated carbocycles. The summed E-state index contributed by atoms with van der Waals surface area (Å²) in [4.78, 5) is 25.9. The highest BCUT2D eigenvalue weighted by Crippen LogP contribution is 2.30. The second-order valence-electron chi connectivity index (χ2n) is 6.16. The van der Waals surface area contributed by atoms with E-state index in [4.69, 9.17) is 16.1 Å². The molecule has 0 spiro atoms. The zero-order chi connectivity index (χ0) is 18.7. The standard InChI is InChI=1S/C18H20ClN3O3S/c1-11-14(12(2)25-21-11)9-26-10-17(23)20-16-8-13(5-6-15(16)19)22-7-3-4-18(22)24/h5-6,8H,3-4,7,9-10H2,1-2H3,(H,20,23). The predicted octanol–water partition coefficient (Wildman–Crippen LogP) is 3.94. The monoisotopic (exact) mass is 393 g/mol. The third-order valence-electron chi connectivity index (χ3n) is 4.27. The fraction of sp³-hybridized carbons (Fsp3) is 0.389. The summed E-state index contributed by atoms with van der Waals surface area (Å²) in [5, 5.41) is 7.19. The normalized spacial score (nSPS) is 14.1. The number of aromatic nitrogens is 1. The number of amides is 2.